The molecule has 0 aliphatic carbocycles. The van der Waals surface area contributed by atoms with Crippen LogP contribution in [-0.2, 0) is 6.42 Å². The fourth-order valence-corrected chi connectivity index (χ4v) is 2.79. The van der Waals surface area contributed by atoms with Gasteiger partial charge in [-0.15, -0.1) is 0 Å². The summed E-state index contributed by atoms with van der Waals surface area (Å²) >= 11 is 1.52. The molecule has 24 heavy (non-hydrogen) atoms. The third-order valence-corrected chi connectivity index (χ3v) is 4.42. The smallest absolute Gasteiger partial charge is 0.269 e. The molecule has 2 rings (SSSR count). The fourth-order valence-electron chi connectivity index (χ4n) is 2.35. The average Bonchev–Trinajstić information content (AvgIpc) is 2.61. The van der Waals surface area contributed by atoms with Crippen molar-refractivity contribution in [2.75, 3.05) is 12.8 Å². The van der Waals surface area contributed by atoms with Crippen molar-refractivity contribution >= 4 is 22.8 Å². The van der Waals surface area contributed by atoms with Crippen molar-refractivity contribution in [2.24, 2.45) is 0 Å². The minimum Gasteiger partial charge on any atom is -0.269 e. The molecule has 0 heterocycles. The Bertz CT molecular complexity index is 666. The Labute approximate surface area is 148 Å². The van der Waals surface area contributed by atoms with Gasteiger partial charge in [-0.25, -0.2) is 10.1 Å². The van der Waals surface area contributed by atoms with E-state index in [0.29, 0.717) is 5.56 Å². The van der Waals surface area contributed by atoms with Gasteiger partial charge in [-0.1, -0.05) is 48.0 Å². The number of unbranched alkanes of at least 4 members (excludes halogenated alkanes) is 1. The highest BCUT2D eigenvalue weighted by Crippen LogP contribution is 2.04. The standard InChI is InChI=1S/C20H24N2OS/c1-16-11-13-18(14-12-16)19(23)22-20(24-2)21-15-7-6-10-17-8-4-3-5-9-17/h3-5,8-9,11-14H,6-7,10,15H2,1-2H3,(H,21,22,23)/p+1. The molecule has 0 aromatic heterocycles. The first-order chi connectivity index (χ1) is 11.7. The van der Waals surface area contributed by atoms with E-state index >= 15 is 0 Å². The minimum atomic E-state index is -0.0730. The van der Waals surface area contributed by atoms with Crippen molar-refractivity contribution in [3.05, 3.63) is 71.3 Å². The summed E-state index contributed by atoms with van der Waals surface area (Å²) in [6.45, 7) is 2.87. The van der Waals surface area contributed by atoms with Crippen LogP contribution in [0.4, 0.5) is 0 Å². The summed E-state index contributed by atoms with van der Waals surface area (Å²) < 4.78 is 0. The molecule has 1 amide bonds. The van der Waals surface area contributed by atoms with E-state index in [0.717, 1.165) is 36.5 Å². The van der Waals surface area contributed by atoms with Gasteiger partial charge in [0.1, 0.15) is 0 Å². The van der Waals surface area contributed by atoms with E-state index in [9.17, 15) is 4.79 Å². The number of aryl methyl sites for hydroxylation is 2. The van der Waals surface area contributed by atoms with E-state index in [2.05, 4.69) is 34.6 Å². The predicted octanol–water partition coefficient (Wildman–Crippen LogP) is 2.55. The van der Waals surface area contributed by atoms with Crippen molar-refractivity contribution in [3.63, 3.8) is 0 Å². The van der Waals surface area contributed by atoms with E-state index in [1.54, 1.807) is 0 Å². The molecule has 0 unspecified atom stereocenters. The highest BCUT2D eigenvalue weighted by molar-refractivity contribution is 8.13. The molecule has 0 saturated heterocycles. The Balaban J connectivity index is 1.77. The van der Waals surface area contributed by atoms with Gasteiger partial charge < -0.3 is 0 Å². The topological polar surface area (TPSA) is 43.1 Å². The van der Waals surface area contributed by atoms with Crippen molar-refractivity contribution in [3.8, 4) is 0 Å². The molecule has 0 aliphatic heterocycles. The molecule has 2 N–H and O–H groups in total. The van der Waals surface area contributed by atoms with Crippen LogP contribution in [0.1, 0.15) is 34.3 Å². The first kappa shape index (κ1) is 18.3. The molecule has 126 valence electrons. The lowest BCUT2D eigenvalue weighted by Gasteiger charge is -2.02. The summed E-state index contributed by atoms with van der Waals surface area (Å²) in [5.41, 5.74) is 3.20. The number of amides is 1. The van der Waals surface area contributed by atoms with E-state index in [4.69, 9.17) is 0 Å². The molecule has 0 bridgehead atoms. The molecule has 3 nitrogen and oxygen atoms in total. The van der Waals surface area contributed by atoms with Gasteiger partial charge in [0.2, 0.25) is 0 Å². The van der Waals surface area contributed by atoms with Gasteiger partial charge >= 0.3 is 11.1 Å². The SMILES string of the molecule is CSC(NC(=O)c1ccc(C)cc1)=[NH+]CCCCc1ccccc1. The van der Waals surface area contributed by atoms with Gasteiger partial charge in [-0.2, -0.15) is 0 Å². The lowest BCUT2D eigenvalue weighted by Crippen LogP contribution is -2.75. The van der Waals surface area contributed by atoms with Crippen molar-refractivity contribution < 1.29 is 9.79 Å². The molecule has 0 radical (unpaired) electrons. The van der Waals surface area contributed by atoms with Crippen LogP contribution < -0.4 is 10.3 Å². The molecule has 2 aromatic rings. The summed E-state index contributed by atoms with van der Waals surface area (Å²) in [7, 11) is 0. The third kappa shape index (κ3) is 6.20. The quantitative estimate of drug-likeness (QED) is 0.482. The number of carbonyl (C=O) groups is 1. The van der Waals surface area contributed by atoms with Gasteiger partial charge in [-0.3, -0.25) is 4.99 Å². The summed E-state index contributed by atoms with van der Waals surface area (Å²) in [4.78, 5) is 15.5. The third-order valence-electron chi connectivity index (χ3n) is 3.77. The van der Waals surface area contributed by atoms with Gasteiger partial charge in [0.25, 0.3) is 0 Å². The molecule has 2 aromatic carbocycles. The van der Waals surface area contributed by atoms with Crippen LogP contribution >= 0.6 is 11.8 Å². The summed E-state index contributed by atoms with van der Waals surface area (Å²) in [5, 5.41) is 3.75. The zero-order chi connectivity index (χ0) is 17.2. The summed E-state index contributed by atoms with van der Waals surface area (Å²) in [6, 6.07) is 18.1. The van der Waals surface area contributed by atoms with Gasteiger partial charge in [-0.05, 0) is 61.9 Å². The molecule has 0 atom stereocenters. The zero-order valence-electron chi connectivity index (χ0n) is 14.3. The van der Waals surface area contributed by atoms with Crippen LogP contribution in [0, 0.1) is 6.92 Å². The summed E-state index contributed by atoms with van der Waals surface area (Å²) in [6.07, 6.45) is 5.25. The first-order valence-electron chi connectivity index (χ1n) is 8.26. The van der Waals surface area contributed by atoms with Crippen LogP contribution in [0.15, 0.2) is 54.6 Å². The van der Waals surface area contributed by atoms with Crippen LogP contribution in [-0.4, -0.2) is 23.9 Å². The predicted molar refractivity (Wildman–Crippen MR) is 102 cm³/mol. The van der Waals surface area contributed by atoms with Gasteiger partial charge in [0.05, 0.1) is 12.1 Å². The number of rotatable bonds is 6. The first-order valence-corrected chi connectivity index (χ1v) is 9.48. The number of thioether (sulfide) groups is 1. The molecule has 0 fully saturated rings. The lowest BCUT2D eigenvalue weighted by molar-refractivity contribution is -0.456. The second-order valence-electron chi connectivity index (χ2n) is 5.72. The molecule has 0 aliphatic rings. The Morgan fingerprint density at radius 3 is 2.42 bits per heavy atom. The van der Waals surface area contributed by atoms with E-state index in [-0.39, 0.29) is 5.91 Å². The molecular weight excluding hydrogens is 316 g/mol. The van der Waals surface area contributed by atoms with E-state index in [1.165, 1.54) is 17.3 Å². The summed E-state index contributed by atoms with van der Waals surface area (Å²) in [5.74, 6) is -0.0730. The molecular formula is C20H25N2OS+. The maximum atomic E-state index is 12.2. The number of hydrogen-bond donors (Lipinski definition) is 2. The maximum Gasteiger partial charge on any atom is 0.339 e. The second kappa shape index (κ2) is 9.93. The highest BCUT2D eigenvalue weighted by atomic mass is 32.2. The Morgan fingerprint density at radius 1 is 1.04 bits per heavy atom. The number of benzene rings is 2. The zero-order valence-corrected chi connectivity index (χ0v) is 15.2. The van der Waals surface area contributed by atoms with Crippen LogP contribution in [0.2, 0.25) is 0 Å². The molecule has 4 heteroatoms. The number of carbonyl (C=O) groups excluding carboxylic acids is 1. The minimum absolute atomic E-state index is 0.0730. The number of hydrogen-bond acceptors (Lipinski definition) is 2. The van der Waals surface area contributed by atoms with Gasteiger partial charge in [0.15, 0.2) is 0 Å². The van der Waals surface area contributed by atoms with Crippen LogP contribution in [0.25, 0.3) is 0 Å². The molecule has 0 saturated carbocycles. The van der Waals surface area contributed by atoms with Crippen molar-refractivity contribution in [1.82, 2.24) is 5.32 Å². The second-order valence-corrected chi connectivity index (χ2v) is 6.54. The Hall–Kier alpha value is -2.07. The average molecular weight is 342 g/mol. The van der Waals surface area contributed by atoms with Crippen molar-refractivity contribution in [1.29, 1.82) is 0 Å². The van der Waals surface area contributed by atoms with Crippen LogP contribution in [0.5, 0.6) is 0 Å². The fraction of sp³-hybridized carbons (Fsp3) is 0.300. The number of amidine groups is 1. The van der Waals surface area contributed by atoms with Gasteiger partial charge in [0, 0.05) is 0 Å². The Morgan fingerprint density at radius 2 is 1.75 bits per heavy atom. The normalized spacial score (nSPS) is 11.3. The lowest BCUT2D eigenvalue weighted by atomic mass is 10.1. The van der Waals surface area contributed by atoms with Crippen molar-refractivity contribution in [2.45, 2.75) is 26.2 Å². The molecule has 0 spiro atoms. The Kier molecular flexibility index (Phi) is 7.56. The largest absolute Gasteiger partial charge is 0.339 e. The highest BCUT2D eigenvalue weighted by Gasteiger charge is 2.14. The van der Waals surface area contributed by atoms with E-state index in [1.807, 2.05) is 43.5 Å². The van der Waals surface area contributed by atoms with Crippen LogP contribution in [0.3, 0.4) is 0 Å². The number of nitrogens with one attached hydrogen (secondary N) is 2. The van der Waals surface area contributed by atoms with E-state index < -0.39 is 0 Å². The maximum absolute atomic E-state index is 12.2. The monoisotopic (exact) mass is 341 g/mol.